The average Bonchev–Trinajstić information content (AvgIpc) is 2.28. The van der Waals surface area contributed by atoms with Crippen LogP contribution < -0.4 is 5.32 Å². The van der Waals surface area contributed by atoms with Crippen LogP contribution in [-0.4, -0.2) is 17.8 Å². The van der Waals surface area contributed by atoms with Gasteiger partial charge in [-0.25, -0.2) is 0 Å². The van der Waals surface area contributed by atoms with Crippen LogP contribution in [0.4, 0.5) is 0 Å². The minimum absolute atomic E-state index is 0.144. The Morgan fingerprint density at radius 2 is 2.05 bits per heavy atom. The molecule has 19 heavy (non-hydrogen) atoms. The van der Waals surface area contributed by atoms with E-state index in [1.165, 1.54) is 5.56 Å². The van der Waals surface area contributed by atoms with E-state index in [0.29, 0.717) is 12.1 Å². The van der Waals surface area contributed by atoms with Crippen LogP contribution in [0.15, 0.2) is 18.2 Å². The zero-order chi connectivity index (χ0) is 14.5. The third-order valence-electron chi connectivity index (χ3n) is 3.02. The van der Waals surface area contributed by atoms with Gasteiger partial charge in [0.2, 0.25) is 0 Å². The molecule has 0 amide bonds. The number of aryl methyl sites for hydroxylation is 1. The van der Waals surface area contributed by atoms with Gasteiger partial charge < -0.3 is 10.4 Å². The first-order chi connectivity index (χ1) is 8.81. The Kier molecular flexibility index (Phi) is 5.53. The predicted octanol–water partition coefficient (Wildman–Crippen LogP) is 2.75. The van der Waals surface area contributed by atoms with Crippen molar-refractivity contribution >= 4 is 0 Å². The number of aliphatic hydroxyl groups excluding tert-OH is 1. The monoisotopic (exact) mass is 260 g/mol. The molecule has 1 rings (SSSR count). The molecule has 3 nitrogen and oxygen atoms in total. The highest BCUT2D eigenvalue weighted by atomic mass is 16.3. The van der Waals surface area contributed by atoms with Crippen LogP contribution >= 0.6 is 0 Å². The molecular formula is C16H24N2O. The summed E-state index contributed by atoms with van der Waals surface area (Å²) in [5.74, 6) is 0. The topological polar surface area (TPSA) is 56.0 Å². The van der Waals surface area contributed by atoms with E-state index in [4.69, 9.17) is 5.26 Å². The normalized spacial score (nSPS) is 13.1. The lowest BCUT2D eigenvalue weighted by atomic mass is 9.89. The lowest BCUT2D eigenvalue weighted by Crippen LogP contribution is -2.30. The number of rotatable bonds is 5. The first kappa shape index (κ1) is 15.7. The van der Waals surface area contributed by atoms with Gasteiger partial charge in [0.05, 0.1) is 17.7 Å². The fraction of sp³-hybridized carbons (Fsp3) is 0.562. The minimum atomic E-state index is -0.321. The molecule has 0 radical (unpaired) electrons. The number of aliphatic hydroxyl groups is 1. The number of nitrogens with one attached hydrogen (secondary N) is 1. The second-order valence-corrected chi connectivity index (χ2v) is 6.30. The largest absolute Gasteiger partial charge is 0.392 e. The summed E-state index contributed by atoms with van der Waals surface area (Å²) in [4.78, 5) is 0. The third-order valence-corrected chi connectivity index (χ3v) is 3.02. The van der Waals surface area contributed by atoms with Gasteiger partial charge in [-0.15, -0.1) is 0 Å². The Labute approximate surface area is 116 Å². The van der Waals surface area contributed by atoms with Gasteiger partial charge in [-0.05, 0) is 42.0 Å². The summed E-state index contributed by atoms with van der Waals surface area (Å²) < 4.78 is 0. The van der Waals surface area contributed by atoms with E-state index in [1.54, 1.807) is 0 Å². The van der Waals surface area contributed by atoms with E-state index in [9.17, 15) is 5.11 Å². The molecule has 0 saturated carbocycles. The van der Waals surface area contributed by atoms with Gasteiger partial charge in [-0.2, -0.15) is 5.26 Å². The Balaban J connectivity index is 2.44. The fourth-order valence-corrected chi connectivity index (χ4v) is 2.12. The van der Waals surface area contributed by atoms with Crippen molar-refractivity contribution in [3.63, 3.8) is 0 Å². The van der Waals surface area contributed by atoms with Gasteiger partial charge in [-0.3, -0.25) is 0 Å². The molecule has 104 valence electrons. The highest BCUT2D eigenvalue weighted by molar-refractivity contribution is 5.37. The predicted molar refractivity (Wildman–Crippen MR) is 77.7 cm³/mol. The van der Waals surface area contributed by atoms with Crippen molar-refractivity contribution in [1.29, 1.82) is 5.26 Å². The molecule has 0 aliphatic rings. The minimum Gasteiger partial charge on any atom is -0.392 e. The van der Waals surface area contributed by atoms with E-state index in [2.05, 4.69) is 32.2 Å². The molecule has 1 aromatic rings. The molecule has 1 unspecified atom stereocenters. The zero-order valence-corrected chi connectivity index (χ0v) is 12.3. The Morgan fingerprint density at radius 3 is 2.58 bits per heavy atom. The lowest BCUT2D eigenvalue weighted by molar-refractivity contribution is 0.119. The van der Waals surface area contributed by atoms with Crippen molar-refractivity contribution in [2.45, 2.75) is 46.8 Å². The molecule has 0 heterocycles. The second-order valence-electron chi connectivity index (χ2n) is 6.30. The van der Waals surface area contributed by atoms with Gasteiger partial charge in [0.25, 0.3) is 0 Å². The molecule has 3 heteroatoms. The van der Waals surface area contributed by atoms with Crippen molar-refractivity contribution < 1.29 is 5.11 Å². The molecule has 2 N–H and O–H groups in total. The maximum Gasteiger partial charge on any atom is 0.0991 e. The number of hydrogen-bond donors (Lipinski definition) is 2. The summed E-state index contributed by atoms with van der Waals surface area (Å²) in [7, 11) is 0. The zero-order valence-electron chi connectivity index (χ0n) is 12.3. The summed E-state index contributed by atoms with van der Waals surface area (Å²) >= 11 is 0. The number of benzene rings is 1. The van der Waals surface area contributed by atoms with Gasteiger partial charge in [-0.1, -0.05) is 26.8 Å². The maximum absolute atomic E-state index is 9.91. The highest BCUT2D eigenvalue weighted by Crippen LogP contribution is 2.20. The third kappa shape index (κ3) is 5.87. The lowest BCUT2D eigenvalue weighted by Gasteiger charge is -2.22. The number of nitrogens with zero attached hydrogens (tertiary/aromatic N) is 1. The van der Waals surface area contributed by atoms with Crippen LogP contribution in [0.2, 0.25) is 0 Å². The molecule has 0 aliphatic carbocycles. The highest BCUT2D eigenvalue weighted by Gasteiger charge is 2.16. The number of nitriles is 1. The van der Waals surface area contributed by atoms with Crippen molar-refractivity contribution in [2.24, 2.45) is 5.41 Å². The van der Waals surface area contributed by atoms with Crippen molar-refractivity contribution in [2.75, 3.05) is 6.54 Å². The summed E-state index contributed by atoms with van der Waals surface area (Å²) in [5.41, 5.74) is 3.11. The molecule has 0 spiro atoms. The summed E-state index contributed by atoms with van der Waals surface area (Å²) in [5, 5.41) is 22.0. The molecule has 1 aromatic carbocycles. The van der Waals surface area contributed by atoms with Crippen LogP contribution in [0, 0.1) is 23.7 Å². The van der Waals surface area contributed by atoms with Gasteiger partial charge in [0.15, 0.2) is 0 Å². The standard InChI is InChI=1S/C16H24N2O/c1-12-7-13(9-17)5-6-14(12)10-18-11-15(19)8-16(2,3)4/h5-7,15,18-19H,8,10-11H2,1-4H3. The molecule has 0 bridgehead atoms. The van der Waals surface area contributed by atoms with E-state index >= 15 is 0 Å². The van der Waals surface area contributed by atoms with Crippen LogP contribution in [0.5, 0.6) is 0 Å². The molecule has 0 aliphatic heterocycles. The van der Waals surface area contributed by atoms with Crippen LogP contribution in [-0.2, 0) is 6.54 Å². The van der Waals surface area contributed by atoms with E-state index in [-0.39, 0.29) is 11.5 Å². The summed E-state index contributed by atoms with van der Waals surface area (Å²) in [6.45, 7) is 9.70. The first-order valence-electron chi connectivity index (χ1n) is 6.70. The van der Waals surface area contributed by atoms with E-state index in [0.717, 1.165) is 18.5 Å². The summed E-state index contributed by atoms with van der Waals surface area (Å²) in [6, 6.07) is 7.82. The fourth-order valence-electron chi connectivity index (χ4n) is 2.12. The van der Waals surface area contributed by atoms with Gasteiger partial charge >= 0.3 is 0 Å². The second kappa shape index (κ2) is 6.70. The molecule has 0 fully saturated rings. The first-order valence-corrected chi connectivity index (χ1v) is 6.70. The Bertz CT molecular complexity index is 455. The maximum atomic E-state index is 9.91. The van der Waals surface area contributed by atoms with Crippen molar-refractivity contribution in [3.8, 4) is 6.07 Å². The van der Waals surface area contributed by atoms with Crippen LogP contribution in [0.25, 0.3) is 0 Å². The molecule has 1 atom stereocenters. The van der Waals surface area contributed by atoms with Gasteiger partial charge in [0, 0.05) is 13.1 Å². The quantitative estimate of drug-likeness (QED) is 0.856. The SMILES string of the molecule is Cc1cc(C#N)ccc1CNCC(O)CC(C)(C)C. The Morgan fingerprint density at radius 1 is 1.37 bits per heavy atom. The van der Waals surface area contributed by atoms with Gasteiger partial charge in [0.1, 0.15) is 0 Å². The van der Waals surface area contributed by atoms with E-state index in [1.807, 2.05) is 25.1 Å². The van der Waals surface area contributed by atoms with Crippen molar-refractivity contribution in [1.82, 2.24) is 5.32 Å². The van der Waals surface area contributed by atoms with E-state index < -0.39 is 0 Å². The Hall–Kier alpha value is -1.37. The smallest absolute Gasteiger partial charge is 0.0991 e. The molecule has 0 aromatic heterocycles. The summed E-state index contributed by atoms with van der Waals surface area (Å²) in [6.07, 6.45) is 0.463. The van der Waals surface area contributed by atoms with Crippen LogP contribution in [0.3, 0.4) is 0 Å². The van der Waals surface area contributed by atoms with Crippen LogP contribution in [0.1, 0.15) is 43.9 Å². The molecular weight excluding hydrogens is 236 g/mol. The number of hydrogen-bond acceptors (Lipinski definition) is 3. The molecule has 0 saturated heterocycles. The average molecular weight is 260 g/mol. The van der Waals surface area contributed by atoms with Crippen molar-refractivity contribution in [3.05, 3.63) is 34.9 Å².